The number of nitrogens with one attached hydrogen (secondary N) is 2. The Bertz CT molecular complexity index is 639. The second-order valence-corrected chi connectivity index (χ2v) is 6.01. The predicted octanol–water partition coefficient (Wildman–Crippen LogP) is -0.153. The molecule has 0 aliphatic heterocycles. The number of sulfonamides is 1. The summed E-state index contributed by atoms with van der Waals surface area (Å²) in [6.07, 6.45) is 3.87. The van der Waals surface area contributed by atoms with Gasteiger partial charge >= 0.3 is 0 Å². The van der Waals surface area contributed by atoms with Crippen LogP contribution in [0.4, 0.5) is 5.95 Å². The van der Waals surface area contributed by atoms with Crippen molar-refractivity contribution < 1.29 is 8.42 Å². The first kappa shape index (κ1) is 14.3. The molecular formula is C10H15N7O2S. The molecular weight excluding hydrogens is 282 g/mol. The quantitative estimate of drug-likeness (QED) is 0.761. The van der Waals surface area contributed by atoms with E-state index in [0.29, 0.717) is 18.3 Å². The van der Waals surface area contributed by atoms with E-state index >= 15 is 0 Å². The van der Waals surface area contributed by atoms with Crippen LogP contribution in [0.25, 0.3) is 0 Å². The summed E-state index contributed by atoms with van der Waals surface area (Å²) < 4.78 is 25.7. The van der Waals surface area contributed by atoms with Gasteiger partial charge in [-0.15, -0.1) is 0 Å². The van der Waals surface area contributed by atoms with Crippen LogP contribution in [0.5, 0.6) is 0 Å². The molecule has 0 aliphatic rings. The molecule has 108 valence electrons. The minimum absolute atomic E-state index is 0.0289. The lowest BCUT2D eigenvalue weighted by molar-refractivity contribution is 0.456. The smallest absolute Gasteiger partial charge is 0.246 e. The van der Waals surface area contributed by atoms with E-state index < -0.39 is 10.0 Å². The molecule has 2 aromatic heterocycles. The third-order valence-corrected chi connectivity index (χ3v) is 4.26. The number of aromatic amines is 1. The van der Waals surface area contributed by atoms with Gasteiger partial charge in [0.05, 0.1) is 18.9 Å². The van der Waals surface area contributed by atoms with Crippen LogP contribution >= 0.6 is 0 Å². The fourth-order valence-electron chi connectivity index (χ4n) is 1.48. The Labute approximate surface area is 116 Å². The molecule has 0 saturated carbocycles. The highest BCUT2D eigenvalue weighted by Crippen LogP contribution is 2.14. The molecule has 2 heterocycles. The molecule has 0 unspecified atom stereocenters. The molecule has 0 saturated heterocycles. The first-order valence-corrected chi connectivity index (χ1v) is 7.34. The topological polar surface area (TPSA) is 117 Å². The molecule has 0 fully saturated rings. The van der Waals surface area contributed by atoms with Crippen molar-refractivity contribution in [3.63, 3.8) is 0 Å². The van der Waals surface area contributed by atoms with E-state index in [0.717, 1.165) is 4.31 Å². The van der Waals surface area contributed by atoms with Gasteiger partial charge in [0.2, 0.25) is 16.0 Å². The van der Waals surface area contributed by atoms with E-state index in [9.17, 15) is 8.42 Å². The molecule has 0 atom stereocenters. The van der Waals surface area contributed by atoms with E-state index in [4.69, 9.17) is 0 Å². The van der Waals surface area contributed by atoms with Crippen LogP contribution < -0.4 is 5.32 Å². The van der Waals surface area contributed by atoms with Crippen LogP contribution in [-0.4, -0.2) is 51.5 Å². The van der Waals surface area contributed by atoms with Crippen molar-refractivity contribution in [1.82, 2.24) is 29.5 Å². The molecule has 0 aromatic carbocycles. The van der Waals surface area contributed by atoms with Gasteiger partial charge in [0.15, 0.2) is 0 Å². The Morgan fingerprint density at radius 3 is 2.55 bits per heavy atom. The van der Waals surface area contributed by atoms with Crippen LogP contribution in [0.2, 0.25) is 0 Å². The SMILES string of the molecule is CCNc1ncc(S(=O)(=O)N(C)Cc2ncn[nH]2)cn1. The van der Waals surface area contributed by atoms with Gasteiger partial charge in [-0.3, -0.25) is 5.10 Å². The van der Waals surface area contributed by atoms with Crippen molar-refractivity contribution in [1.29, 1.82) is 0 Å². The first-order chi connectivity index (χ1) is 9.54. The minimum atomic E-state index is -3.65. The number of hydrogen-bond acceptors (Lipinski definition) is 7. The standard InChI is InChI=1S/C10H15N7O2S/c1-3-11-10-12-4-8(5-13-10)20(18,19)17(2)6-9-14-7-15-16-9/h4-5,7H,3,6H2,1-2H3,(H,11,12,13)(H,14,15,16). The second-order valence-electron chi connectivity index (χ2n) is 3.97. The van der Waals surface area contributed by atoms with Crippen LogP contribution in [0.1, 0.15) is 12.7 Å². The number of hydrogen-bond donors (Lipinski definition) is 2. The zero-order chi connectivity index (χ0) is 14.6. The van der Waals surface area contributed by atoms with Crippen molar-refractivity contribution in [2.24, 2.45) is 0 Å². The van der Waals surface area contributed by atoms with Gasteiger partial charge in [0.1, 0.15) is 17.0 Å². The molecule has 20 heavy (non-hydrogen) atoms. The average molecular weight is 297 g/mol. The normalized spacial score (nSPS) is 11.8. The number of H-pyrrole nitrogens is 1. The van der Waals surface area contributed by atoms with Crippen molar-refractivity contribution in [2.75, 3.05) is 18.9 Å². The summed E-state index contributed by atoms with van der Waals surface area (Å²) in [7, 11) is -2.20. The maximum atomic E-state index is 12.3. The van der Waals surface area contributed by atoms with Crippen LogP contribution in [0.15, 0.2) is 23.6 Å². The Morgan fingerprint density at radius 2 is 2.00 bits per heavy atom. The average Bonchev–Trinajstić information content (AvgIpc) is 2.92. The van der Waals surface area contributed by atoms with E-state index in [1.165, 1.54) is 25.8 Å². The number of rotatable bonds is 6. The van der Waals surface area contributed by atoms with Gasteiger partial charge < -0.3 is 5.32 Å². The fourth-order valence-corrected chi connectivity index (χ4v) is 2.51. The molecule has 0 radical (unpaired) electrons. The zero-order valence-corrected chi connectivity index (χ0v) is 11.9. The van der Waals surface area contributed by atoms with Gasteiger partial charge in [-0.25, -0.2) is 23.4 Å². The molecule has 0 spiro atoms. The summed E-state index contributed by atoms with van der Waals surface area (Å²) in [4.78, 5) is 11.8. The molecule has 0 bridgehead atoms. The lowest BCUT2D eigenvalue weighted by Crippen LogP contribution is -2.27. The number of anilines is 1. The molecule has 2 N–H and O–H groups in total. The lowest BCUT2D eigenvalue weighted by Gasteiger charge is -2.15. The third kappa shape index (κ3) is 3.08. The largest absolute Gasteiger partial charge is 0.355 e. The van der Waals surface area contributed by atoms with Crippen molar-refractivity contribution in [2.45, 2.75) is 18.4 Å². The van der Waals surface area contributed by atoms with E-state index in [1.54, 1.807) is 0 Å². The van der Waals surface area contributed by atoms with Gasteiger partial charge in [-0.05, 0) is 6.92 Å². The van der Waals surface area contributed by atoms with Gasteiger partial charge in [-0.2, -0.15) is 9.40 Å². The fraction of sp³-hybridized carbons (Fsp3) is 0.400. The Hall–Kier alpha value is -2.07. The summed E-state index contributed by atoms with van der Waals surface area (Å²) in [5.74, 6) is 0.852. The first-order valence-electron chi connectivity index (χ1n) is 5.90. The highest BCUT2D eigenvalue weighted by Gasteiger charge is 2.22. The van der Waals surface area contributed by atoms with Crippen molar-refractivity contribution >= 4 is 16.0 Å². The van der Waals surface area contributed by atoms with Crippen molar-refractivity contribution in [3.8, 4) is 0 Å². The summed E-state index contributed by atoms with van der Waals surface area (Å²) in [5, 5.41) is 9.18. The highest BCUT2D eigenvalue weighted by molar-refractivity contribution is 7.89. The van der Waals surface area contributed by atoms with Crippen LogP contribution in [0.3, 0.4) is 0 Å². The Kier molecular flexibility index (Phi) is 4.25. The lowest BCUT2D eigenvalue weighted by atomic mass is 10.6. The molecule has 0 amide bonds. The Morgan fingerprint density at radius 1 is 1.30 bits per heavy atom. The molecule has 0 aliphatic carbocycles. The maximum absolute atomic E-state index is 12.3. The predicted molar refractivity (Wildman–Crippen MR) is 71.2 cm³/mol. The zero-order valence-electron chi connectivity index (χ0n) is 11.1. The minimum Gasteiger partial charge on any atom is -0.355 e. The Balaban J connectivity index is 2.16. The van der Waals surface area contributed by atoms with E-state index in [1.807, 2.05) is 6.92 Å². The third-order valence-electron chi connectivity index (χ3n) is 2.51. The highest BCUT2D eigenvalue weighted by atomic mass is 32.2. The summed E-state index contributed by atoms with van der Waals surface area (Å²) >= 11 is 0. The molecule has 10 heteroatoms. The van der Waals surface area contributed by atoms with Crippen molar-refractivity contribution in [3.05, 3.63) is 24.5 Å². The number of aromatic nitrogens is 5. The summed E-state index contributed by atoms with van der Waals surface area (Å²) in [5.41, 5.74) is 0. The maximum Gasteiger partial charge on any atom is 0.246 e. The monoisotopic (exact) mass is 297 g/mol. The van der Waals surface area contributed by atoms with Crippen LogP contribution in [0, 0.1) is 0 Å². The summed E-state index contributed by atoms with van der Waals surface area (Å²) in [6.45, 7) is 2.66. The van der Waals surface area contributed by atoms with Gasteiger partial charge in [-0.1, -0.05) is 0 Å². The number of nitrogens with zero attached hydrogens (tertiary/aromatic N) is 5. The van der Waals surface area contributed by atoms with E-state index in [-0.39, 0.29) is 11.4 Å². The van der Waals surface area contributed by atoms with Gasteiger partial charge in [0, 0.05) is 13.6 Å². The molecule has 2 rings (SSSR count). The van der Waals surface area contributed by atoms with E-state index in [2.05, 4.69) is 30.5 Å². The second kappa shape index (κ2) is 5.92. The van der Waals surface area contributed by atoms with Crippen LogP contribution in [-0.2, 0) is 16.6 Å². The molecule has 9 nitrogen and oxygen atoms in total. The summed E-state index contributed by atoms with van der Waals surface area (Å²) in [6, 6.07) is 0. The van der Waals surface area contributed by atoms with Gasteiger partial charge in [0.25, 0.3) is 0 Å². The molecule has 2 aromatic rings.